The molecule has 1 aromatic carbocycles. The summed E-state index contributed by atoms with van der Waals surface area (Å²) in [5, 5.41) is 3.07. The summed E-state index contributed by atoms with van der Waals surface area (Å²) in [6, 6.07) is 6.53. The number of hydrogen-bond donors (Lipinski definition) is 2. The van der Waals surface area contributed by atoms with Crippen molar-refractivity contribution in [1.82, 2.24) is 5.32 Å². The molecule has 0 aliphatic rings. The standard InChI is InChI=1S/C14H22FN3O/c1-4-17-14(3,13(16)19)10-18(5-2)12-9-7-6-8-11(12)15/h6-9,17H,4-5,10H2,1-3H3,(H2,16,19). The van der Waals surface area contributed by atoms with Crippen LogP contribution in [0.4, 0.5) is 10.1 Å². The van der Waals surface area contributed by atoms with Gasteiger partial charge in [-0.05, 0) is 32.5 Å². The van der Waals surface area contributed by atoms with Crippen LogP contribution in [0.1, 0.15) is 20.8 Å². The van der Waals surface area contributed by atoms with E-state index in [1.165, 1.54) is 6.07 Å². The lowest BCUT2D eigenvalue weighted by molar-refractivity contribution is -0.123. The van der Waals surface area contributed by atoms with Gasteiger partial charge >= 0.3 is 0 Å². The second-order valence-electron chi connectivity index (χ2n) is 4.69. The normalized spacial score (nSPS) is 13.9. The lowest BCUT2D eigenvalue weighted by Gasteiger charge is -2.34. The molecule has 0 aliphatic carbocycles. The van der Waals surface area contributed by atoms with Crippen LogP contribution in [-0.4, -0.2) is 31.1 Å². The van der Waals surface area contributed by atoms with Crippen LogP contribution in [-0.2, 0) is 4.79 Å². The highest BCUT2D eigenvalue weighted by atomic mass is 19.1. The van der Waals surface area contributed by atoms with E-state index < -0.39 is 11.4 Å². The van der Waals surface area contributed by atoms with Gasteiger partial charge in [-0.2, -0.15) is 0 Å². The van der Waals surface area contributed by atoms with E-state index in [-0.39, 0.29) is 5.82 Å². The molecule has 0 heterocycles. The fourth-order valence-corrected chi connectivity index (χ4v) is 2.07. The number of carbonyl (C=O) groups is 1. The Kier molecular flexibility index (Phi) is 5.30. The second kappa shape index (κ2) is 6.52. The monoisotopic (exact) mass is 267 g/mol. The van der Waals surface area contributed by atoms with E-state index in [1.54, 1.807) is 25.1 Å². The maximum atomic E-state index is 13.8. The molecule has 3 N–H and O–H groups in total. The number of benzene rings is 1. The van der Waals surface area contributed by atoms with E-state index in [9.17, 15) is 9.18 Å². The molecule has 1 atom stereocenters. The van der Waals surface area contributed by atoms with E-state index in [2.05, 4.69) is 5.32 Å². The van der Waals surface area contributed by atoms with Crippen molar-refractivity contribution in [3.05, 3.63) is 30.1 Å². The molecule has 1 aromatic rings. The zero-order valence-corrected chi connectivity index (χ0v) is 11.7. The molecule has 1 unspecified atom stereocenters. The Bertz CT molecular complexity index is 438. The number of anilines is 1. The average Bonchev–Trinajstić information content (AvgIpc) is 2.37. The van der Waals surface area contributed by atoms with E-state index in [1.807, 2.05) is 18.7 Å². The Morgan fingerprint density at radius 3 is 2.53 bits per heavy atom. The summed E-state index contributed by atoms with van der Waals surface area (Å²) in [4.78, 5) is 13.4. The molecule has 4 nitrogen and oxygen atoms in total. The zero-order chi connectivity index (χ0) is 14.5. The Balaban J connectivity index is 2.98. The first kappa shape index (κ1) is 15.4. The molecular formula is C14H22FN3O. The number of nitrogens with one attached hydrogen (secondary N) is 1. The number of halogens is 1. The highest BCUT2D eigenvalue weighted by molar-refractivity contribution is 5.85. The number of amides is 1. The summed E-state index contributed by atoms with van der Waals surface area (Å²) in [6.45, 7) is 7.10. The minimum Gasteiger partial charge on any atom is -0.368 e. The van der Waals surface area contributed by atoms with Crippen LogP contribution in [0.5, 0.6) is 0 Å². The number of carbonyl (C=O) groups excluding carboxylic acids is 1. The SMILES string of the molecule is CCNC(C)(CN(CC)c1ccccc1F)C(N)=O. The van der Waals surface area contributed by atoms with Crippen molar-refractivity contribution in [3.8, 4) is 0 Å². The third-order valence-electron chi connectivity index (χ3n) is 3.19. The third-order valence-corrected chi connectivity index (χ3v) is 3.19. The molecule has 0 radical (unpaired) electrons. The van der Waals surface area contributed by atoms with Crippen molar-refractivity contribution in [1.29, 1.82) is 0 Å². The van der Waals surface area contributed by atoms with Gasteiger partial charge in [0.15, 0.2) is 0 Å². The second-order valence-corrected chi connectivity index (χ2v) is 4.69. The van der Waals surface area contributed by atoms with Crippen LogP contribution in [0, 0.1) is 5.82 Å². The molecule has 0 spiro atoms. The molecule has 0 saturated heterocycles. The Labute approximate surface area is 113 Å². The summed E-state index contributed by atoms with van der Waals surface area (Å²) < 4.78 is 13.8. The largest absolute Gasteiger partial charge is 0.368 e. The van der Waals surface area contributed by atoms with Crippen LogP contribution in [0.15, 0.2) is 24.3 Å². The number of para-hydroxylation sites is 1. The lowest BCUT2D eigenvalue weighted by atomic mass is 10.00. The molecule has 0 bridgehead atoms. The maximum absolute atomic E-state index is 13.8. The predicted octanol–water partition coefficient (Wildman–Crippen LogP) is 1.51. The quantitative estimate of drug-likeness (QED) is 0.787. The first-order valence-corrected chi connectivity index (χ1v) is 6.49. The van der Waals surface area contributed by atoms with Crippen LogP contribution in [0.3, 0.4) is 0 Å². The number of nitrogens with zero attached hydrogens (tertiary/aromatic N) is 1. The highest BCUT2D eigenvalue weighted by Gasteiger charge is 2.32. The van der Waals surface area contributed by atoms with Crippen molar-refractivity contribution in [2.24, 2.45) is 5.73 Å². The predicted molar refractivity (Wildman–Crippen MR) is 75.6 cm³/mol. The van der Waals surface area contributed by atoms with Crippen LogP contribution >= 0.6 is 0 Å². The van der Waals surface area contributed by atoms with Crippen LogP contribution in [0.25, 0.3) is 0 Å². The number of primary amides is 1. The van der Waals surface area contributed by atoms with Gasteiger partial charge in [-0.25, -0.2) is 4.39 Å². The fourth-order valence-electron chi connectivity index (χ4n) is 2.07. The van der Waals surface area contributed by atoms with Gasteiger partial charge in [-0.1, -0.05) is 19.1 Å². The minimum absolute atomic E-state index is 0.298. The summed E-state index contributed by atoms with van der Waals surface area (Å²) in [5.74, 6) is -0.739. The summed E-state index contributed by atoms with van der Waals surface area (Å²) in [6.07, 6.45) is 0. The molecule has 0 aliphatic heterocycles. The first-order valence-electron chi connectivity index (χ1n) is 6.49. The van der Waals surface area contributed by atoms with Crippen LogP contribution < -0.4 is 16.0 Å². The molecule has 0 aromatic heterocycles. The lowest BCUT2D eigenvalue weighted by Crippen LogP contribution is -2.59. The molecule has 19 heavy (non-hydrogen) atoms. The van der Waals surface area contributed by atoms with Crippen molar-refractivity contribution < 1.29 is 9.18 Å². The summed E-state index contributed by atoms with van der Waals surface area (Å²) in [5.41, 5.74) is 5.05. The van der Waals surface area contributed by atoms with Crippen molar-refractivity contribution in [3.63, 3.8) is 0 Å². The van der Waals surface area contributed by atoms with E-state index in [0.29, 0.717) is 25.3 Å². The van der Waals surface area contributed by atoms with E-state index >= 15 is 0 Å². The smallest absolute Gasteiger partial charge is 0.239 e. The Morgan fingerprint density at radius 2 is 2.05 bits per heavy atom. The number of nitrogens with two attached hydrogens (primary N) is 1. The summed E-state index contributed by atoms with van der Waals surface area (Å²) in [7, 11) is 0. The van der Waals surface area contributed by atoms with E-state index in [0.717, 1.165) is 0 Å². The van der Waals surface area contributed by atoms with Gasteiger partial charge in [0.1, 0.15) is 11.4 Å². The van der Waals surface area contributed by atoms with Gasteiger partial charge < -0.3 is 16.0 Å². The number of rotatable bonds is 7. The van der Waals surface area contributed by atoms with Crippen molar-refractivity contribution in [2.75, 3.05) is 24.5 Å². The molecule has 5 heteroatoms. The Morgan fingerprint density at radius 1 is 1.42 bits per heavy atom. The number of likely N-dealkylation sites (N-methyl/N-ethyl adjacent to an activating group) is 2. The topological polar surface area (TPSA) is 58.4 Å². The maximum Gasteiger partial charge on any atom is 0.239 e. The highest BCUT2D eigenvalue weighted by Crippen LogP contribution is 2.20. The molecule has 106 valence electrons. The Hall–Kier alpha value is -1.62. The molecule has 0 saturated carbocycles. The van der Waals surface area contributed by atoms with Gasteiger partial charge in [0.2, 0.25) is 5.91 Å². The van der Waals surface area contributed by atoms with Crippen molar-refractivity contribution in [2.45, 2.75) is 26.3 Å². The minimum atomic E-state index is -0.882. The first-order chi connectivity index (χ1) is 8.94. The fraction of sp³-hybridized carbons (Fsp3) is 0.500. The summed E-state index contributed by atoms with van der Waals surface area (Å²) >= 11 is 0. The van der Waals surface area contributed by atoms with Gasteiger partial charge in [-0.3, -0.25) is 4.79 Å². The molecular weight excluding hydrogens is 245 g/mol. The van der Waals surface area contributed by atoms with Crippen LogP contribution in [0.2, 0.25) is 0 Å². The van der Waals surface area contributed by atoms with Gasteiger partial charge in [0, 0.05) is 13.1 Å². The van der Waals surface area contributed by atoms with Crippen molar-refractivity contribution >= 4 is 11.6 Å². The molecule has 1 amide bonds. The van der Waals surface area contributed by atoms with E-state index in [4.69, 9.17) is 5.73 Å². The molecule has 0 fully saturated rings. The molecule has 1 rings (SSSR count). The zero-order valence-electron chi connectivity index (χ0n) is 11.7. The van der Waals surface area contributed by atoms with Gasteiger partial charge in [0.05, 0.1) is 5.69 Å². The van der Waals surface area contributed by atoms with Gasteiger partial charge in [0.25, 0.3) is 0 Å². The van der Waals surface area contributed by atoms with Gasteiger partial charge in [-0.15, -0.1) is 0 Å². The average molecular weight is 267 g/mol. The third kappa shape index (κ3) is 3.67. The number of hydrogen-bond acceptors (Lipinski definition) is 3.